The van der Waals surface area contributed by atoms with Crippen LogP contribution in [0.4, 0.5) is 0 Å². The molecule has 0 amide bonds. The van der Waals surface area contributed by atoms with Gasteiger partial charge in [-0.15, -0.1) is 0 Å². The molecule has 0 spiro atoms. The second-order valence-electron chi connectivity index (χ2n) is 9.04. The standard InChI is InChI=1S/C27H30NO4.2C2H6/c1-2-3-4-5-6-7-12-28-15-22-19(10-11-23-27(22)32-17-29-23)20-9-8-18-13-24-25(31-16-30-24)14-21(18)26(20)28;2*1-2/h10-11,13-15H,2-9,12,16-17H2,1H3;2*1-2H3/q+1;;. The van der Waals surface area contributed by atoms with Gasteiger partial charge in [0.15, 0.2) is 29.2 Å². The molecule has 0 saturated heterocycles. The van der Waals surface area contributed by atoms with Crippen LogP contribution in [0, 0.1) is 0 Å². The van der Waals surface area contributed by atoms with Crippen molar-refractivity contribution in [3.63, 3.8) is 0 Å². The Hall–Kier alpha value is -2.95. The van der Waals surface area contributed by atoms with Gasteiger partial charge < -0.3 is 18.9 Å². The molecule has 36 heavy (non-hydrogen) atoms. The van der Waals surface area contributed by atoms with Crippen molar-refractivity contribution in [2.75, 3.05) is 13.6 Å². The minimum atomic E-state index is 0.301. The predicted molar refractivity (Wildman–Crippen MR) is 145 cm³/mol. The fourth-order valence-corrected chi connectivity index (χ4v) is 5.39. The number of benzene rings is 2. The fraction of sp³-hybridized carbons (Fsp3) is 0.516. The molecule has 0 atom stereocenters. The number of pyridine rings is 1. The highest BCUT2D eigenvalue weighted by Crippen LogP contribution is 2.45. The topological polar surface area (TPSA) is 40.8 Å². The van der Waals surface area contributed by atoms with E-state index >= 15 is 0 Å². The second-order valence-corrected chi connectivity index (χ2v) is 9.04. The van der Waals surface area contributed by atoms with Gasteiger partial charge in [0.1, 0.15) is 6.54 Å². The van der Waals surface area contributed by atoms with Crippen molar-refractivity contribution in [3.05, 3.63) is 41.6 Å². The molecule has 2 aliphatic heterocycles. The average molecular weight is 493 g/mol. The normalized spacial score (nSPS) is 13.8. The largest absolute Gasteiger partial charge is 0.454 e. The molecule has 3 aromatic rings. The van der Waals surface area contributed by atoms with Crippen LogP contribution in [0.5, 0.6) is 23.0 Å². The smallest absolute Gasteiger partial charge is 0.231 e. The highest BCUT2D eigenvalue weighted by Gasteiger charge is 2.32. The quantitative estimate of drug-likeness (QED) is 0.250. The van der Waals surface area contributed by atoms with E-state index in [4.69, 9.17) is 18.9 Å². The molecule has 0 saturated carbocycles. The van der Waals surface area contributed by atoms with E-state index in [0.717, 1.165) is 47.8 Å². The number of aromatic nitrogens is 1. The van der Waals surface area contributed by atoms with Crippen LogP contribution in [0.25, 0.3) is 22.0 Å². The lowest BCUT2D eigenvalue weighted by Crippen LogP contribution is -2.38. The molecule has 5 heteroatoms. The van der Waals surface area contributed by atoms with Crippen molar-refractivity contribution < 1.29 is 23.5 Å². The van der Waals surface area contributed by atoms with Crippen LogP contribution in [0.1, 0.15) is 84.3 Å². The summed E-state index contributed by atoms with van der Waals surface area (Å²) < 4.78 is 25.4. The average Bonchev–Trinajstić information content (AvgIpc) is 3.60. The Bertz CT molecular complexity index is 1190. The van der Waals surface area contributed by atoms with E-state index in [-0.39, 0.29) is 0 Å². The highest BCUT2D eigenvalue weighted by molar-refractivity contribution is 5.95. The van der Waals surface area contributed by atoms with E-state index in [1.54, 1.807) is 0 Å². The fourth-order valence-electron chi connectivity index (χ4n) is 5.39. The first-order valence-corrected chi connectivity index (χ1v) is 14.0. The highest BCUT2D eigenvalue weighted by atomic mass is 16.7. The summed E-state index contributed by atoms with van der Waals surface area (Å²) in [6, 6.07) is 8.62. The Kier molecular flexibility index (Phi) is 8.95. The number of hydrogen-bond donors (Lipinski definition) is 0. The van der Waals surface area contributed by atoms with Crippen LogP contribution >= 0.6 is 0 Å². The Balaban J connectivity index is 0.000000726. The Morgan fingerprint density at radius 3 is 2.22 bits per heavy atom. The van der Waals surface area contributed by atoms with Gasteiger partial charge in [-0.1, -0.05) is 60.3 Å². The number of nitrogens with zero attached hydrogens (tertiary/aromatic N) is 1. The van der Waals surface area contributed by atoms with Gasteiger partial charge in [0, 0.05) is 17.4 Å². The van der Waals surface area contributed by atoms with Crippen molar-refractivity contribution in [3.8, 4) is 34.3 Å². The molecule has 3 aliphatic rings. The lowest BCUT2D eigenvalue weighted by atomic mass is 9.85. The van der Waals surface area contributed by atoms with Crippen molar-refractivity contribution in [2.24, 2.45) is 0 Å². The second kappa shape index (κ2) is 12.3. The molecule has 2 aromatic carbocycles. The molecule has 0 radical (unpaired) electrons. The van der Waals surface area contributed by atoms with Crippen LogP contribution < -0.4 is 23.5 Å². The van der Waals surface area contributed by atoms with Crippen LogP contribution in [0.15, 0.2) is 30.5 Å². The number of unbranched alkanes of at least 4 members (excludes halogenated alkanes) is 5. The zero-order valence-electron chi connectivity index (χ0n) is 22.7. The van der Waals surface area contributed by atoms with Crippen LogP contribution in [0.3, 0.4) is 0 Å². The lowest BCUT2D eigenvalue weighted by molar-refractivity contribution is -0.685. The molecule has 0 fully saturated rings. The minimum absolute atomic E-state index is 0.301. The van der Waals surface area contributed by atoms with Crippen LogP contribution in [0.2, 0.25) is 0 Å². The van der Waals surface area contributed by atoms with Crippen molar-refractivity contribution in [1.29, 1.82) is 0 Å². The number of rotatable bonds is 7. The third-order valence-electron chi connectivity index (χ3n) is 7.01. The summed E-state index contributed by atoms with van der Waals surface area (Å²) in [6.07, 6.45) is 12.0. The lowest BCUT2D eigenvalue weighted by Gasteiger charge is -2.21. The number of fused-ring (bicyclic) bond motifs is 8. The van der Waals surface area contributed by atoms with Gasteiger partial charge in [-0.05, 0) is 49.1 Å². The maximum atomic E-state index is 5.89. The molecule has 0 unspecified atom stereocenters. The van der Waals surface area contributed by atoms with Crippen molar-refractivity contribution in [1.82, 2.24) is 0 Å². The molecule has 5 nitrogen and oxygen atoms in total. The molecule has 1 aromatic heterocycles. The summed E-state index contributed by atoms with van der Waals surface area (Å²) in [7, 11) is 0. The molecule has 0 N–H and O–H groups in total. The monoisotopic (exact) mass is 492 g/mol. The van der Waals surface area contributed by atoms with E-state index in [1.807, 2.05) is 27.7 Å². The predicted octanol–water partition coefficient (Wildman–Crippen LogP) is 7.76. The van der Waals surface area contributed by atoms with E-state index in [2.05, 4.69) is 42.0 Å². The minimum Gasteiger partial charge on any atom is -0.454 e. The first kappa shape index (κ1) is 26.1. The SMILES string of the molecule is CC.CC.CCCCCCCC[n+]1cc2c3c(ccc2c2c1-c1cc4c(cc1CC2)OCO4)OCO3. The summed E-state index contributed by atoms with van der Waals surface area (Å²) in [5.41, 5.74) is 5.35. The summed E-state index contributed by atoms with van der Waals surface area (Å²) in [4.78, 5) is 0. The molecule has 1 aliphatic carbocycles. The van der Waals surface area contributed by atoms with Crippen molar-refractivity contribution >= 4 is 10.8 Å². The maximum Gasteiger partial charge on any atom is 0.231 e. The zero-order valence-corrected chi connectivity index (χ0v) is 22.7. The van der Waals surface area contributed by atoms with Gasteiger partial charge in [0.25, 0.3) is 0 Å². The van der Waals surface area contributed by atoms with Crippen molar-refractivity contribution in [2.45, 2.75) is 92.5 Å². The third kappa shape index (κ3) is 4.98. The molecular weight excluding hydrogens is 450 g/mol. The van der Waals surface area contributed by atoms with Crippen LogP contribution in [-0.2, 0) is 19.4 Å². The van der Waals surface area contributed by atoms with E-state index in [0.29, 0.717) is 13.6 Å². The van der Waals surface area contributed by atoms with Gasteiger partial charge >= 0.3 is 0 Å². The molecule has 3 heterocycles. The summed E-state index contributed by atoms with van der Waals surface area (Å²) >= 11 is 0. The molecular formula is C31H42NO4+. The summed E-state index contributed by atoms with van der Waals surface area (Å²) in [6.45, 7) is 11.9. The van der Waals surface area contributed by atoms with E-state index in [1.165, 1.54) is 66.3 Å². The van der Waals surface area contributed by atoms with E-state index in [9.17, 15) is 0 Å². The molecule has 6 rings (SSSR count). The summed E-state index contributed by atoms with van der Waals surface area (Å²) in [5.74, 6) is 3.47. The number of aryl methyl sites for hydroxylation is 3. The Labute approximate surface area is 216 Å². The van der Waals surface area contributed by atoms with Gasteiger partial charge in [0.05, 0.1) is 10.9 Å². The molecule has 0 bridgehead atoms. The molecule has 194 valence electrons. The summed E-state index contributed by atoms with van der Waals surface area (Å²) in [5, 5.41) is 2.43. The van der Waals surface area contributed by atoms with Gasteiger partial charge in [-0.25, -0.2) is 0 Å². The van der Waals surface area contributed by atoms with E-state index < -0.39 is 0 Å². The zero-order chi connectivity index (χ0) is 25.5. The number of ether oxygens (including phenoxy) is 4. The van der Waals surface area contributed by atoms with Crippen LogP contribution in [-0.4, -0.2) is 13.6 Å². The Morgan fingerprint density at radius 2 is 1.42 bits per heavy atom. The third-order valence-corrected chi connectivity index (χ3v) is 7.01. The van der Waals surface area contributed by atoms with Gasteiger partial charge in [-0.2, -0.15) is 4.57 Å². The van der Waals surface area contributed by atoms with Gasteiger partial charge in [0.2, 0.25) is 19.3 Å². The maximum absolute atomic E-state index is 5.89. The Morgan fingerprint density at radius 1 is 0.722 bits per heavy atom. The van der Waals surface area contributed by atoms with Gasteiger partial charge in [-0.3, -0.25) is 0 Å². The number of hydrogen-bond acceptors (Lipinski definition) is 4. The first-order chi connectivity index (χ1) is 17.8. The first-order valence-electron chi connectivity index (χ1n) is 14.0.